The van der Waals surface area contributed by atoms with Gasteiger partial charge in [-0.1, -0.05) is 18.9 Å². The summed E-state index contributed by atoms with van der Waals surface area (Å²) in [4.78, 5) is 13.0. The Morgan fingerprint density at radius 3 is 2.09 bits per heavy atom. The van der Waals surface area contributed by atoms with Crippen LogP contribution in [0.25, 0.3) is 0 Å². The molecule has 1 N–H and O–H groups in total. The van der Waals surface area contributed by atoms with Crippen LogP contribution in [-0.4, -0.2) is 53.0 Å². The average Bonchev–Trinajstić information content (AvgIpc) is 3.13. The Morgan fingerprint density at radius 1 is 0.879 bits per heavy atom. The van der Waals surface area contributed by atoms with Crippen molar-refractivity contribution in [2.75, 3.05) is 34.4 Å². The van der Waals surface area contributed by atoms with E-state index < -0.39 is 10.0 Å². The van der Waals surface area contributed by atoms with E-state index in [2.05, 4.69) is 5.32 Å². The minimum absolute atomic E-state index is 0.0123. The fourth-order valence-electron chi connectivity index (χ4n) is 3.93. The molecule has 1 amide bonds. The van der Waals surface area contributed by atoms with Gasteiger partial charge in [-0.2, -0.15) is 4.31 Å². The summed E-state index contributed by atoms with van der Waals surface area (Å²) < 4.78 is 44.1. The normalized spacial score (nSPS) is 15.9. The molecule has 0 aliphatic carbocycles. The molecule has 1 saturated heterocycles. The maximum atomic E-state index is 13.4. The van der Waals surface area contributed by atoms with Gasteiger partial charge in [0.15, 0.2) is 11.5 Å². The van der Waals surface area contributed by atoms with E-state index in [9.17, 15) is 13.2 Å². The second-order valence-electron chi connectivity index (χ2n) is 7.99. The number of hydrogen-bond acceptors (Lipinski definition) is 6. The smallest absolute Gasteiger partial charge is 0.251 e. The topological polar surface area (TPSA) is 94.2 Å². The molecule has 33 heavy (non-hydrogen) atoms. The molecule has 1 heterocycles. The molecule has 180 valence electrons. The Balaban J connectivity index is 1.85. The Labute approximate surface area is 195 Å². The maximum Gasteiger partial charge on any atom is 0.251 e. The highest BCUT2D eigenvalue weighted by Gasteiger charge is 2.29. The van der Waals surface area contributed by atoms with Gasteiger partial charge in [-0.15, -0.1) is 0 Å². The van der Waals surface area contributed by atoms with Crippen molar-refractivity contribution >= 4 is 15.9 Å². The number of nitrogens with zero attached hydrogens (tertiary/aromatic N) is 1. The van der Waals surface area contributed by atoms with Crippen LogP contribution in [0.5, 0.6) is 17.2 Å². The van der Waals surface area contributed by atoms with E-state index in [4.69, 9.17) is 14.2 Å². The second kappa shape index (κ2) is 10.9. The number of sulfonamides is 1. The van der Waals surface area contributed by atoms with Gasteiger partial charge in [-0.25, -0.2) is 8.42 Å². The minimum atomic E-state index is -3.78. The molecule has 2 aromatic carbocycles. The summed E-state index contributed by atoms with van der Waals surface area (Å²) in [7, 11) is 0.752. The van der Waals surface area contributed by atoms with Gasteiger partial charge < -0.3 is 19.5 Å². The van der Waals surface area contributed by atoms with Gasteiger partial charge in [0, 0.05) is 18.7 Å². The van der Waals surface area contributed by atoms with Gasteiger partial charge >= 0.3 is 0 Å². The van der Waals surface area contributed by atoms with Crippen LogP contribution in [-0.2, 0) is 10.0 Å². The van der Waals surface area contributed by atoms with Crippen LogP contribution in [0.1, 0.15) is 54.6 Å². The standard InChI is InChI=1S/C24H32N2O6S/c1-17(18-9-11-20(30-2)22(15-18)32-4)25-24(27)19-10-12-21(31-3)23(16-19)33(28,29)26-13-7-5-6-8-14-26/h9-12,15-17H,5-8,13-14H2,1-4H3,(H,25,27). The van der Waals surface area contributed by atoms with Gasteiger partial charge in [0.1, 0.15) is 10.6 Å². The molecular weight excluding hydrogens is 444 g/mol. The molecule has 0 aromatic heterocycles. The molecule has 0 radical (unpaired) electrons. The van der Waals surface area contributed by atoms with Crippen LogP contribution in [0.3, 0.4) is 0 Å². The van der Waals surface area contributed by atoms with Gasteiger partial charge in [0.25, 0.3) is 5.91 Å². The summed E-state index contributed by atoms with van der Waals surface area (Å²) in [5.41, 5.74) is 1.07. The molecule has 1 fully saturated rings. The third-order valence-electron chi connectivity index (χ3n) is 5.86. The van der Waals surface area contributed by atoms with E-state index in [1.807, 2.05) is 13.0 Å². The van der Waals surface area contributed by atoms with E-state index >= 15 is 0 Å². The Morgan fingerprint density at radius 2 is 1.48 bits per heavy atom. The quantitative estimate of drug-likeness (QED) is 0.623. The summed E-state index contributed by atoms with van der Waals surface area (Å²) >= 11 is 0. The molecule has 1 aliphatic rings. The predicted octanol–water partition coefficient (Wildman–Crippen LogP) is 3.77. The molecule has 9 heteroatoms. The SMILES string of the molecule is COc1ccc(C(C)NC(=O)c2ccc(OC)c(S(=O)(=O)N3CCCCCC3)c2)cc1OC. The summed E-state index contributed by atoms with van der Waals surface area (Å²) in [6, 6.07) is 9.57. The lowest BCUT2D eigenvalue weighted by Gasteiger charge is -2.22. The number of carbonyl (C=O) groups excluding carboxylic acids is 1. The van der Waals surface area contributed by atoms with E-state index in [-0.39, 0.29) is 28.2 Å². The highest BCUT2D eigenvalue weighted by atomic mass is 32.2. The summed E-state index contributed by atoms with van der Waals surface area (Å²) in [6.45, 7) is 2.79. The number of benzene rings is 2. The van der Waals surface area contributed by atoms with Crippen molar-refractivity contribution in [1.82, 2.24) is 9.62 Å². The van der Waals surface area contributed by atoms with E-state index in [1.54, 1.807) is 32.4 Å². The lowest BCUT2D eigenvalue weighted by atomic mass is 10.1. The van der Waals surface area contributed by atoms with Crippen LogP contribution in [0.15, 0.2) is 41.3 Å². The Kier molecular flexibility index (Phi) is 8.20. The summed E-state index contributed by atoms with van der Waals surface area (Å²) in [5.74, 6) is 1.00. The first-order valence-electron chi connectivity index (χ1n) is 11.0. The number of ether oxygens (including phenoxy) is 3. The second-order valence-corrected chi connectivity index (χ2v) is 9.90. The van der Waals surface area contributed by atoms with Crippen LogP contribution in [0, 0.1) is 0 Å². The Hall–Kier alpha value is -2.78. The molecule has 2 aromatic rings. The highest BCUT2D eigenvalue weighted by Crippen LogP contribution is 2.31. The van der Waals surface area contributed by atoms with Crippen molar-refractivity contribution in [3.8, 4) is 17.2 Å². The number of nitrogens with one attached hydrogen (secondary N) is 1. The first-order chi connectivity index (χ1) is 15.8. The van der Waals surface area contributed by atoms with Gasteiger partial charge in [-0.05, 0) is 55.7 Å². The zero-order valence-corrected chi connectivity index (χ0v) is 20.4. The first-order valence-corrected chi connectivity index (χ1v) is 12.5. The van der Waals surface area contributed by atoms with E-state index in [1.165, 1.54) is 23.5 Å². The Bertz CT molecular complexity index is 1080. The number of amides is 1. The highest BCUT2D eigenvalue weighted by molar-refractivity contribution is 7.89. The molecule has 1 atom stereocenters. The summed E-state index contributed by atoms with van der Waals surface area (Å²) in [5, 5.41) is 2.92. The molecule has 0 spiro atoms. The molecule has 1 aliphatic heterocycles. The molecule has 3 rings (SSSR count). The molecule has 1 unspecified atom stereocenters. The first kappa shape index (κ1) is 24.9. The fourth-order valence-corrected chi connectivity index (χ4v) is 5.62. The largest absolute Gasteiger partial charge is 0.495 e. The predicted molar refractivity (Wildman–Crippen MR) is 126 cm³/mol. The van der Waals surface area contributed by atoms with Gasteiger partial charge in [-0.3, -0.25) is 4.79 Å². The van der Waals surface area contributed by atoms with Crippen LogP contribution < -0.4 is 19.5 Å². The summed E-state index contributed by atoms with van der Waals surface area (Å²) in [6.07, 6.45) is 3.67. The lowest BCUT2D eigenvalue weighted by molar-refractivity contribution is 0.0939. The molecule has 8 nitrogen and oxygen atoms in total. The zero-order chi connectivity index (χ0) is 24.0. The number of methoxy groups -OCH3 is 3. The van der Waals surface area contributed by atoms with Gasteiger partial charge in [0.2, 0.25) is 10.0 Å². The van der Waals surface area contributed by atoms with Crippen molar-refractivity contribution in [3.63, 3.8) is 0 Å². The monoisotopic (exact) mass is 476 g/mol. The maximum absolute atomic E-state index is 13.4. The van der Waals surface area contributed by atoms with Crippen LogP contribution >= 0.6 is 0 Å². The lowest BCUT2D eigenvalue weighted by Crippen LogP contribution is -2.32. The van der Waals surface area contributed by atoms with E-state index in [0.717, 1.165) is 31.2 Å². The van der Waals surface area contributed by atoms with E-state index in [0.29, 0.717) is 24.6 Å². The minimum Gasteiger partial charge on any atom is -0.495 e. The van der Waals surface area contributed by atoms with Crippen LogP contribution in [0.4, 0.5) is 0 Å². The fraction of sp³-hybridized carbons (Fsp3) is 0.458. The van der Waals surface area contributed by atoms with Crippen molar-refractivity contribution in [2.45, 2.75) is 43.5 Å². The van der Waals surface area contributed by atoms with Gasteiger partial charge in [0.05, 0.1) is 27.4 Å². The molecule has 0 bridgehead atoms. The van der Waals surface area contributed by atoms with Crippen LogP contribution in [0.2, 0.25) is 0 Å². The number of hydrogen-bond donors (Lipinski definition) is 1. The van der Waals surface area contributed by atoms with Crippen molar-refractivity contribution in [1.29, 1.82) is 0 Å². The molecule has 0 saturated carbocycles. The van der Waals surface area contributed by atoms with Crippen molar-refractivity contribution in [3.05, 3.63) is 47.5 Å². The third kappa shape index (κ3) is 5.59. The van der Waals surface area contributed by atoms with Crippen molar-refractivity contribution in [2.24, 2.45) is 0 Å². The van der Waals surface area contributed by atoms with Crippen molar-refractivity contribution < 1.29 is 27.4 Å². The number of carbonyl (C=O) groups is 1. The molecular formula is C24H32N2O6S. The number of rotatable bonds is 8. The third-order valence-corrected chi connectivity index (χ3v) is 7.78. The zero-order valence-electron chi connectivity index (χ0n) is 19.6. The average molecular weight is 477 g/mol.